The Labute approximate surface area is 98.4 Å². The lowest BCUT2D eigenvalue weighted by Crippen LogP contribution is -2.12. The second-order valence-electron chi connectivity index (χ2n) is 4.92. The molecule has 1 aromatic carbocycles. The standard InChI is InChI=1S/C12H16BrFO/c1-12(2,3)7-10(15)8-5-4-6-9(13)11(8)14/h4-6,10,15H,7H2,1-3H3. The van der Waals surface area contributed by atoms with Gasteiger partial charge in [0.25, 0.3) is 0 Å². The molecule has 0 amide bonds. The third-order valence-corrected chi connectivity index (χ3v) is 2.76. The van der Waals surface area contributed by atoms with Gasteiger partial charge < -0.3 is 5.11 Å². The van der Waals surface area contributed by atoms with Gasteiger partial charge in [-0.05, 0) is 33.8 Å². The van der Waals surface area contributed by atoms with Gasteiger partial charge in [-0.25, -0.2) is 4.39 Å². The van der Waals surface area contributed by atoms with Crippen molar-refractivity contribution in [3.63, 3.8) is 0 Å². The van der Waals surface area contributed by atoms with Crippen molar-refractivity contribution in [1.82, 2.24) is 0 Å². The number of hydrogen-bond donors (Lipinski definition) is 1. The summed E-state index contributed by atoms with van der Waals surface area (Å²) in [4.78, 5) is 0. The molecular formula is C12H16BrFO. The van der Waals surface area contributed by atoms with Crippen LogP contribution in [0.1, 0.15) is 38.9 Å². The monoisotopic (exact) mass is 274 g/mol. The van der Waals surface area contributed by atoms with Crippen LogP contribution in [0, 0.1) is 11.2 Å². The number of halogens is 2. The quantitative estimate of drug-likeness (QED) is 0.863. The Kier molecular flexibility index (Phi) is 3.90. The number of aliphatic hydroxyl groups excluding tert-OH is 1. The molecule has 0 aliphatic rings. The van der Waals surface area contributed by atoms with Crippen molar-refractivity contribution in [2.75, 3.05) is 0 Å². The molecule has 0 saturated heterocycles. The summed E-state index contributed by atoms with van der Waals surface area (Å²) >= 11 is 3.11. The van der Waals surface area contributed by atoms with Crippen LogP contribution in [0.2, 0.25) is 0 Å². The molecule has 0 aromatic heterocycles. The number of benzene rings is 1. The first-order valence-corrected chi connectivity index (χ1v) is 5.72. The van der Waals surface area contributed by atoms with Gasteiger partial charge in [-0.2, -0.15) is 0 Å². The molecule has 0 bridgehead atoms. The van der Waals surface area contributed by atoms with Crippen LogP contribution in [-0.4, -0.2) is 5.11 Å². The lowest BCUT2D eigenvalue weighted by molar-refractivity contribution is 0.118. The van der Waals surface area contributed by atoms with Crippen LogP contribution < -0.4 is 0 Å². The molecule has 0 fully saturated rings. The van der Waals surface area contributed by atoms with Gasteiger partial charge in [-0.3, -0.25) is 0 Å². The fraction of sp³-hybridized carbons (Fsp3) is 0.500. The van der Waals surface area contributed by atoms with E-state index in [1.165, 1.54) is 0 Å². The molecule has 1 atom stereocenters. The fourth-order valence-corrected chi connectivity index (χ4v) is 1.85. The Balaban J connectivity index is 2.92. The molecule has 1 unspecified atom stereocenters. The maximum atomic E-state index is 13.6. The molecule has 0 saturated carbocycles. The van der Waals surface area contributed by atoms with E-state index in [-0.39, 0.29) is 11.2 Å². The van der Waals surface area contributed by atoms with E-state index in [1.54, 1.807) is 18.2 Å². The molecule has 0 aliphatic carbocycles. The largest absolute Gasteiger partial charge is 0.388 e. The van der Waals surface area contributed by atoms with E-state index < -0.39 is 6.10 Å². The second kappa shape index (κ2) is 4.62. The van der Waals surface area contributed by atoms with E-state index in [9.17, 15) is 9.50 Å². The summed E-state index contributed by atoms with van der Waals surface area (Å²) < 4.78 is 14.0. The van der Waals surface area contributed by atoms with Crippen LogP contribution >= 0.6 is 15.9 Å². The summed E-state index contributed by atoms with van der Waals surface area (Å²) in [6.07, 6.45) is -0.206. The molecule has 1 aromatic rings. The topological polar surface area (TPSA) is 20.2 Å². The highest BCUT2D eigenvalue weighted by molar-refractivity contribution is 9.10. The van der Waals surface area contributed by atoms with Crippen molar-refractivity contribution in [3.05, 3.63) is 34.1 Å². The third-order valence-electron chi connectivity index (χ3n) is 2.15. The van der Waals surface area contributed by atoms with Gasteiger partial charge >= 0.3 is 0 Å². The molecule has 0 heterocycles. The van der Waals surface area contributed by atoms with Crippen molar-refractivity contribution in [2.45, 2.75) is 33.3 Å². The fourth-order valence-electron chi connectivity index (χ4n) is 1.47. The maximum absolute atomic E-state index is 13.6. The minimum absolute atomic E-state index is 0.0197. The third kappa shape index (κ3) is 3.58. The van der Waals surface area contributed by atoms with E-state index in [0.29, 0.717) is 16.5 Å². The van der Waals surface area contributed by atoms with Crippen LogP contribution in [0.5, 0.6) is 0 Å². The molecular weight excluding hydrogens is 259 g/mol. The van der Waals surface area contributed by atoms with Crippen LogP contribution in [0.3, 0.4) is 0 Å². The van der Waals surface area contributed by atoms with Gasteiger partial charge in [0.15, 0.2) is 0 Å². The summed E-state index contributed by atoms with van der Waals surface area (Å²) in [7, 11) is 0. The average Bonchev–Trinajstić information content (AvgIpc) is 2.06. The van der Waals surface area contributed by atoms with Gasteiger partial charge in [0.1, 0.15) is 5.82 Å². The van der Waals surface area contributed by atoms with Crippen LogP contribution in [-0.2, 0) is 0 Å². The molecule has 1 nitrogen and oxygen atoms in total. The molecule has 0 radical (unpaired) electrons. The van der Waals surface area contributed by atoms with Gasteiger partial charge in [-0.15, -0.1) is 0 Å². The SMILES string of the molecule is CC(C)(C)CC(O)c1cccc(Br)c1F. The first kappa shape index (κ1) is 12.7. The van der Waals surface area contributed by atoms with E-state index >= 15 is 0 Å². The van der Waals surface area contributed by atoms with Crippen molar-refractivity contribution in [2.24, 2.45) is 5.41 Å². The lowest BCUT2D eigenvalue weighted by atomic mass is 9.87. The first-order valence-electron chi connectivity index (χ1n) is 4.93. The van der Waals surface area contributed by atoms with Crippen molar-refractivity contribution in [3.8, 4) is 0 Å². The normalized spacial score (nSPS) is 14.0. The number of hydrogen-bond acceptors (Lipinski definition) is 1. The molecule has 84 valence electrons. The predicted octanol–water partition coefficient (Wildman–Crippen LogP) is 4.06. The Morgan fingerprint density at radius 3 is 2.53 bits per heavy atom. The predicted molar refractivity (Wildman–Crippen MR) is 63.1 cm³/mol. The molecule has 15 heavy (non-hydrogen) atoms. The van der Waals surface area contributed by atoms with Gasteiger partial charge in [0, 0.05) is 5.56 Å². The zero-order valence-electron chi connectivity index (χ0n) is 9.22. The summed E-state index contributed by atoms with van der Waals surface area (Å²) in [6.45, 7) is 6.06. The van der Waals surface area contributed by atoms with E-state index in [1.807, 2.05) is 20.8 Å². The minimum Gasteiger partial charge on any atom is -0.388 e. The first-order chi connectivity index (χ1) is 6.81. The highest BCUT2D eigenvalue weighted by Gasteiger charge is 2.21. The van der Waals surface area contributed by atoms with Crippen LogP contribution in [0.15, 0.2) is 22.7 Å². The number of aliphatic hydroxyl groups is 1. The average molecular weight is 275 g/mol. The summed E-state index contributed by atoms with van der Waals surface area (Å²) in [5.41, 5.74) is 0.341. The van der Waals surface area contributed by atoms with Gasteiger partial charge in [0.2, 0.25) is 0 Å². The molecule has 1 N–H and O–H groups in total. The lowest BCUT2D eigenvalue weighted by Gasteiger charge is -2.23. The maximum Gasteiger partial charge on any atom is 0.143 e. The van der Waals surface area contributed by atoms with E-state index in [0.717, 1.165) is 0 Å². The summed E-state index contributed by atoms with van der Waals surface area (Å²) in [6, 6.07) is 4.98. The summed E-state index contributed by atoms with van der Waals surface area (Å²) in [5, 5.41) is 9.90. The van der Waals surface area contributed by atoms with Crippen molar-refractivity contribution in [1.29, 1.82) is 0 Å². The Bertz CT molecular complexity index is 344. The number of rotatable bonds is 2. The minimum atomic E-state index is -0.748. The van der Waals surface area contributed by atoms with Gasteiger partial charge in [-0.1, -0.05) is 32.9 Å². The second-order valence-corrected chi connectivity index (χ2v) is 5.78. The van der Waals surface area contributed by atoms with Crippen molar-refractivity contribution < 1.29 is 9.50 Å². The van der Waals surface area contributed by atoms with E-state index in [4.69, 9.17) is 0 Å². The smallest absolute Gasteiger partial charge is 0.143 e. The van der Waals surface area contributed by atoms with E-state index in [2.05, 4.69) is 15.9 Å². The zero-order valence-corrected chi connectivity index (χ0v) is 10.8. The highest BCUT2D eigenvalue weighted by Crippen LogP contribution is 2.32. The molecule has 0 spiro atoms. The summed E-state index contributed by atoms with van der Waals surface area (Å²) in [5.74, 6) is -0.366. The highest BCUT2D eigenvalue weighted by atomic mass is 79.9. The van der Waals surface area contributed by atoms with Gasteiger partial charge in [0.05, 0.1) is 10.6 Å². The van der Waals surface area contributed by atoms with Crippen molar-refractivity contribution >= 4 is 15.9 Å². The van der Waals surface area contributed by atoms with Crippen LogP contribution in [0.25, 0.3) is 0 Å². The Morgan fingerprint density at radius 1 is 1.40 bits per heavy atom. The zero-order chi connectivity index (χ0) is 11.6. The van der Waals surface area contributed by atoms with Crippen LogP contribution in [0.4, 0.5) is 4.39 Å². The molecule has 3 heteroatoms. The Morgan fingerprint density at radius 2 is 2.00 bits per heavy atom. The molecule has 1 rings (SSSR count). The molecule has 0 aliphatic heterocycles. The Hall–Kier alpha value is -0.410.